The van der Waals surface area contributed by atoms with E-state index in [0.29, 0.717) is 6.61 Å². The molecule has 1 aliphatic heterocycles. The molecule has 1 aliphatic rings. The Hall–Kier alpha value is -1.04. The maximum atomic E-state index is 8.12. The van der Waals surface area contributed by atoms with Crippen LogP contribution in [0.2, 0.25) is 0 Å². The minimum Gasteiger partial charge on any atom is -0.480 e. The average Bonchev–Trinajstić information content (AvgIpc) is 2.14. The monoisotopic (exact) mass is 96.0 g/mol. The summed E-state index contributed by atoms with van der Waals surface area (Å²) in [6, 6.07) is 1.69. The zero-order chi connectivity index (χ0) is 5.11. The predicted molar refractivity (Wildman–Crippen MR) is 23.8 cm³/mol. The van der Waals surface area contributed by atoms with Gasteiger partial charge in [0.1, 0.15) is 6.61 Å². The molecule has 7 heavy (non-hydrogen) atoms. The number of hydrogen-bond donors (Lipinski definition) is 0. The molecule has 36 valence electrons. The molecule has 0 N–H and O–H groups in total. The van der Waals surface area contributed by atoms with Crippen LogP contribution in [0.5, 0.6) is 0 Å². The Bertz CT molecular complexity index is 124. The highest BCUT2D eigenvalue weighted by atomic mass is 16.5. The van der Waals surface area contributed by atoms with Crippen molar-refractivity contribution in [3.05, 3.63) is 0 Å². The first-order valence-electron chi connectivity index (χ1n) is 1.96. The minimum atomic E-state index is -0.250. The summed E-state index contributed by atoms with van der Waals surface area (Å²) in [6.45, 7) is 0.427. The zero-order valence-corrected chi connectivity index (χ0v) is 3.66. The van der Waals surface area contributed by atoms with Gasteiger partial charge in [-0.2, -0.15) is 5.26 Å². The molecule has 1 atom stereocenters. The third-order valence-electron chi connectivity index (χ3n) is 0.718. The quantitative estimate of drug-likeness (QED) is 0.424. The molecular weight excluding hydrogens is 92.1 g/mol. The van der Waals surface area contributed by atoms with Gasteiger partial charge in [-0.15, -0.1) is 0 Å². The SMILES string of the molecule is N#CC1COC=N1. The van der Waals surface area contributed by atoms with E-state index in [1.54, 1.807) is 0 Å². The van der Waals surface area contributed by atoms with Crippen molar-refractivity contribution in [2.75, 3.05) is 6.61 Å². The standard InChI is InChI=1S/C4H4N2O/c5-1-4-2-7-3-6-4/h3-4H,2H2. The first-order chi connectivity index (χ1) is 3.43. The van der Waals surface area contributed by atoms with Gasteiger partial charge in [-0.25, -0.2) is 4.99 Å². The zero-order valence-electron chi connectivity index (χ0n) is 3.66. The summed E-state index contributed by atoms with van der Waals surface area (Å²) in [7, 11) is 0. The van der Waals surface area contributed by atoms with Gasteiger partial charge in [-0.1, -0.05) is 0 Å². The van der Waals surface area contributed by atoms with Gasteiger partial charge in [0, 0.05) is 0 Å². The molecule has 0 aromatic heterocycles. The van der Waals surface area contributed by atoms with E-state index in [1.165, 1.54) is 6.40 Å². The molecule has 0 aromatic carbocycles. The smallest absolute Gasteiger partial charge is 0.173 e. The summed E-state index contributed by atoms with van der Waals surface area (Å²) in [4.78, 5) is 3.65. The first kappa shape index (κ1) is 4.13. The highest BCUT2D eigenvalue weighted by Gasteiger charge is 2.07. The fourth-order valence-electron chi connectivity index (χ4n) is 0.364. The van der Waals surface area contributed by atoms with Crippen LogP contribution in [0.25, 0.3) is 0 Å². The summed E-state index contributed by atoms with van der Waals surface area (Å²) >= 11 is 0. The van der Waals surface area contributed by atoms with Gasteiger partial charge in [-0.3, -0.25) is 0 Å². The van der Waals surface area contributed by atoms with Gasteiger partial charge < -0.3 is 4.74 Å². The summed E-state index contributed by atoms with van der Waals surface area (Å²) in [5.74, 6) is 0. The van der Waals surface area contributed by atoms with Crippen molar-refractivity contribution < 1.29 is 4.74 Å². The number of nitrogens with zero attached hydrogens (tertiary/aromatic N) is 2. The van der Waals surface area contributed by atoms with Crippen molar-refractivity contribution in [3.63, 3.8) is 0 Å². The number of hydrogen-bond acceptors (Lipinski definition) is 3. The van der Waals surface area contributed by atoms with Crippen molar-refractivity contribution in [2.45, 2.75) is 6.04 Å². The molecule has 1 unspecified atom stereocenters. The number of ether oxygens (including phenoxy) is 1. The van der Waals surface area contributed by atoms with Crippen molar-refractivity contribution in [1.82, 2.24) is 0 Å². The molecule has 0 saturated heterocycles. The fourth-order valence-corrected chi connectivity index (χ4v) is 0.364. The highest BCUT2D eigenvalue weighted by Crippen LogP contribution is 1.94. The van der Waals surface area contributed by atoms with Crippen LogP contribution in [-0.4, -0.2) is 19.0 Å². The third-order valence-corrected chi connectivity index (χ3v) is 0.718. The van der Waals surface area contributed by atoms with Crippen LogP contribution in [0, 0.1) is 11.3 Å². The van der Waals surface area contributed by atoms with E-state index >= 15 is 0 Å². The molecule has 0 aliphatic carbocycles. The molecule has 3 nitrogen and oxygen atoms in total. The third kappa shape index (κ3) is 0.686. The van der Waals surface area contributed by atoms with Gasteiger partial charge in [0.05, 0.1) is 6.07 Å². The topological polar surface area (TPSA) is 45.4 Å². The fraction of sp³-hybridized carbons (Fsp3) is 0.500. The largest absolute Gasteiger partial charge is 0.480 e. The van der Waals surface area contributed by atoms with Crippen LogP contribution < -0.4 is 0 Å². The van der Waals surface area contributed by atoms with E-state index < -0.39 is 0 Å². The van der Waals surface area contributed by atoms with Crippen molar-refractivity contribution in [2.24, 2.45) is 4.99 Å². The molecule has 3 heteroatoms. The maximum absolute atomic E-state index is 8.12. The Kier molecular flexibility index (Phi) is 0.947. The molecular formula is C4H4N2O. The first-order valence-corrected chi connectivity index (χ1v) is 1.96. The average molecular weight is 96.1 g/mol. The van der Waals surface area contributed by atoms with Crippen LogP contribution >= 0.6 is 0 Å². The molecule has 0 spiro atoms. The molecule has 0 saturated carbocycles. The van der Waals surface area contributed by atoms with Crippen LogP contribution in [0.4, 0.5) is 0 Å². The lowest BCUT2D eigenvalue weighted by atomic mass is 10.4. The lowest BCUT2D eigenvalue weighted by molar-refractivity contribution is 0.345. The predicted octanol–water partition coefficient (Wildman–Crippen LogP) is -0.0629. The summed E-state index contributed by atoms with van der Waals surface area (Å²) in [5.41, 5.74) is 0. The second-order valence-corrected chi connectivity index (χ2v) is 1.23. The maximum Gasteiger partial charge on any atom is 0.173 e. The van der Waals surface area contributed by atoms with Crippen molar-refractivity contribution >= 4 is 6.40 Å². The lowest BCUT2D eigenvalue weighted by Gasteiger charge is -1.85. The second kappa shape index (κ2) is 1.61. The van der Waals surface area contributed by atoms with Gasteiger partial charge >= 0.3 is 0 Å². The Morgan fingerprint density at radius 3 is 3.14 bits per heavy atom. The molecule has 0 fully saturated rings. The van der Waals surface area contributed by atoms with Gasteiger partial charge in [0.25, 0.3) is 0 Å². The van der Waals surface area contributed by atoms with Crippen molar-refractivity contribution in [1.29, 1.82) is 5.26 Å². The Morgan fingerprint density at radius 2 is 2.86 bits per heavy atom. The van der Waals surface area contributed by atoms with Gasteiger partial charge in [0.15, 0.2) is 12.4 Å². The van der Waals surface area contributed by atoms with E-state index in [-0.39, 0.29) is 6.04 Å². The Balaban J connectivity index is 2.47. The Labute approximate surface area is 41.2 Å². The number of aliphatic imine (C=N–C) groups is 1. The summed E-state index contributed by atoms with van der Waals surface area (Å²) in [6.07, 6.45) is 1.31. The molecule has 1 heterocycles. The van der Waals surface area contributed by atoms with Crippen LogP contribution in [0.3, 0.4) is 0 Å². The number of nitriles is 1. The minimum absolute atomic E-state index is 0.250. The highest BCUT2D eigenvalue weighted by molar-refractivity contribution is 5.49. The van der Waals surface area contributed by atoms with E-state index in [0.717, 1.165) is 0 Å². The van der Waals surface area contributed by atoms with E-state index in [1.807, 2.05) is 6.07 Å². The molecule has 1 rings (SSSR count). The van der Waals surface area contributed by atoms with Crippen molar-refractivity contribution in [3.8, 4) is 6.07 Å². The van der Waals surface area contributed by atoms with E-state index in [9.17, 15) is 0 Å². The van der Waals surface area contributed by atoms with E-state index in [4.69, 9.17) is 5.26 Å². The van der Waals surface area contributed by atoms with Crippen LogP contribution in [0.15, 0.2) is 4.99 Å². The van der Waals surface area contributed by atoms with Crippen LogP contribution in [0.1, 0.15) is 0 Å². The number of rotatable bonds is 0. The van der Waals surface area contributed by atoms with Gasteiger partial charge in [0.2, 0.25) is 0 Å². The summed E-state index contributed by atoms with van der Waals surface area (Å²) < 4.78 is 4.63. The molecule has 0 radical (unpaired) electrons. The molecule has 0 amide bonds. The Morgan fingerprint density at radius 1 is 2.00 bits per heavy atom. The van der Waals surface area contributed by atoms with Gasteiger partial charge in [-0.05, 0) is 0 Å². The second-order valence-electron chi connectivity index (χ2n) is 1.23. The normalized spacial score (nSPS) is 26.4. The summed E-state index contributed by atoms with van der Waals surface area (Å²) in [5, 5.41) is 8.12. The van der Waals surface area contributed by atoms with Crippen LogP contribution in [-0.2, 0) is 4.74 Å². The molecule has 0 aromatic rings. The lowest BCUT2D eigenvalue weighted by Crippen LogP contribution is -2.00. The molecule has 0 bridgehead atoms. The van der Waals surface area contributed by atoms with E-state index in [2.05, 4.69) is 9.73 Å².